The van der Waals surface area contributed by atoms with E-state index in [4.69, 9.17) is 4.98 Å². The van der Waals surface area contributed by atoms with E-state index in [1.165, 1.54) is 0 Å². The Hall–Kier alpha value is -3.00. The van der Waals surface area contributed by atoms with Gasteiger partial charge >= 0.3 is 6.18 Å². The highest BCUT2D eigenvalue weighted by atomic mass is 19.4. The second-order valence-electron chi connectivity index (χ2n) is 10.3. The molecule has 37 heavy (non-hydrogen) atoms. The lowest BCUT2D eigenvalue weighted by atomic mass is 9.80. The molecule has 0 radical (unpaired) electrons. The van der Waals surface area contributed by atoms with Crippen LogP contribution in [0.5, 0.6) is 0 Å². The summed E-state index contributed by atoms with van der Waals surface area (Å²) in [6, 6.07) is 19.3. The van der Waals surface area contributed by atoms with Crippen molar-refractivity contribution in [2.45, 2.75) is 57.5 Å². The topological polar surface area (TPSA) is 38.1 Å². The number of rotatable bonds is 5. The SMILES string of the molecule is Cc1nc2c(c(=O)n1C(c1ccccc1)c1ccccc1)CN(CC1CCC(C(F)(F)F)CC1F)CC2. The summed E-state index contributed by atoms with van der Waals surface area (Å²) in [6.45, 7) is 3.12. The van der Waals surface area contributed by atoms with Crippen molar-refractivity contribution in [3.05, 3.63) is 99.2 Å². The standard InChI is InChI=1S/C29H31F4N3O/c1-19-34-26-14-15-35(17-22-12-13-23(16-25(22)30)29(31,32)33)18-24(26)28(37)36(19)27(20-8-4-2-5-9-20)21-10-6-3-7-11-21/h2-11,22-23,25,27H,12-18H2,1H3. The van der Waals surface area contributed by atoms with Crippen molar-refractivity contribution in [1.29, 1.82) is 0 Å². The molecule has 0 saturated heterocycles. The minimum Gasteiger partial charge on any atom is -0.298 e. The maximum absolute atomic E-state index is 14.8. The van der Waals surface area contributed by atoms with E-state index in [1.54, 1.807) is 4.57 Å². The van der Waals surface area contributed by atoms with Crippen LogP contribution in [0.15, 0.2) is 65.5 Å². The Bertz CT molecular complexity index is 1240. The molecule has 0 spiro atoms. The van der Waals surface area contributed by atoms with Gasteiger partial charge in [-0.1, -0.05) is 60.7 Å². The van der Waals surface area contributed by atoms with Gasteiger partial charge in [-0.25, -0.2) is 9.37 Å². The predicted molar refractivity (Wildman–Crippen MR) is 134 cm³/mol. The Morgan fingerprint density at radius 3 is 2.19 bits per heavy atom. The number of aryl methyl sites for hydroxylation is 1. The van der Waals surface area contributed by atoms with E-state index in [1.807, 2.05) is 72.5 Å². The molecule has 1 aliphatic heterocycles. The molecule has 1 aliphatic carbocycles. The van der Waals surface area contributed by atoms with Crippen molar-refractivity contribution < 1.29 is 17.6 Å². The zero-order valence-corrected chi connectivity index (χ0v) is 20.8. The number of hydrogen-bond donors (Lipinski definition) is 0. The van der Waals surface area contributed by atoms with Crippen molar-refractivity contribution in [3.63, 3.8) is 0 Å². The minimum atomic E-state index is -4.35. The van der Waals surface area contributed by atoms with Crippen molar-refractivity contribution in [2.24, 2.45) is 11.8 Å². The molecule has 3 unspecified atom stereocenters. The number of nitrogens with zero attached hydrogens (tertiary/aromatic N) is 3. The summed E-state index contributed by atoms with van der Waals surface area (Å²) in [5.41, 5.74) is 3.16. The van der Waals surface area contributed by atoms with Gasteiger partial charge in [-0.3, -0.25) is 14.3 Å². The zero-order chi connectivity index (χ0) is 26.2. The van der Waals surface area contributed by atoms with Crippen molar-refractivity contribution in [2.75, 3.05) is 13.1 Å². The first-order valence-electron chi connectivity index (χ1n) is 12.9. The van der Waals surface area contributed by atoms with Gasteiger partial charge in [-0.2, -0.15) is 13.2 Å². The molecule has 8 heteroatoms. The molecular weight excluding hydrogens is 482 g/mol. The second-order valence-corrected chi connectivity index (χ2v) is 10.3. The lowest BCUT2D eigenvalue weighted by molar-refractivity contribution is -0.190. The molecule has 196 valence electrons. The maximum atomic E-state index is 14.8. The number of alkyl halides is 4. The molecule has 3 aromatic rings. The molecule has 0 amide bonds. The van der Waals surface area contributed by atoms with E-state index < -0.39 is 30.6 Å². The average Bonchev–Trinajstić information content (AvgIpc) is 2.88. The van der Waals surface area contributed by atoms with Gasteiger partial charge in [0.05, 0.1) is 23.2 Å². The minimum absolute atomic E-state index is 0.0393. The summed E-state index contributed by atoms with van der Waals surface area (Å²) in [5, 5.41) is 0. The van der Waals surface area contributed by atoms with Gasteiger partial charge in [0.1, 0.15) is 12.0 Å². The van der Waals surface area contributed by atoms with Crippen LogP contribution in [0.4, 0.5) is 17.6 Å². The van der Waals surface area contributed by atoms with Gasteiger partial charge in [0.25, 0.3) is 5.56 Å². The number of aromatic nitrogens is 2. The molecule has 1 fully saturated rings. The van der Waals surface area contributed by atoms with Gasteiger partial charge in [0, 0.05) is 32.0 Å². The summed E-state index contributed by atoms with van der Waals surface area (Å²) in [7, 11) is 0. The number of fused-ring (bicyclic) bond motifs is 1. The van der Waals surface area contributed by atoms with Crippen LogP contribution in [-0.4, -0.2) is 39.9 Å². The summed E-state index contributed by atoms with van der Waals surface area (Å²) >= 11 is 0. The molecule has 2 aliphatic rings. The Morgan fingerprint density at radius 1 is 1.00 bits per heavy atom. The molecule has 5 rings (SSSR count). The number of hydrogen-bond acceptors (Lipinski definition) is 3. The van der Waals surface area contributed by atoms with Gasteiger partial charge in [0.15, 0.2) is 0 Å². The molecule has 0 bridgehead atoms. The van der Waals surface area contributed by atoms with Crippen LogP contribution in [0.2, 0.25) is 0 Å². The van der Waals surface area contributed by atoms with Crippen LogP contribution in [0.3, 0.4) is 0 Å². The predicted octanol–water partition coefficient (Wildman–Crippen LogP) is 5.86. The van der Waals surface area contributed by atoms with Crippen LogP contribution < -0.4 is 5.56 Å². The van der Waals surface area contributed by atoms with Crippen LogP contribution in [-0.2, 0) is 13.0 Å². The molecule has 4 nitrogen and oxygen atoms in total. The molecule has 0 N–H and O–H groups in total. The highest BCUT2D eigenvalue weighted by Gasteiger charge is 2.45. The fourth-order valence-electron chi connectivity index (χ4n) is 5.90. The number of halogens is 4. The summed E-state index contributed by atoms with van der Waals surface area (Å²) in [4.78, 5) is 20.8. The van der Waals surface area contributed by atoms with Crippen LogP contribution in [0, 0.1) is 18.8 Å². The fourth-order valence-corrected chi connectivity index (χ4v) is 5.90. The summed E-state index contributed by atoms with van der Waals surface area (Å²) in [6.07, 6.45) is -5.58. The van der Waals surface area contributed by atoms with E-state index in [-0.39, 0.29) is 24.4 Å². The number of benzene rings is 2. The van der Waals surface area contributed by atoms with Crippen LogP contribution in [0.25, 0.3) is 0 Å². The Balaban J connectivity index is 1.43. The lowest BCUT2D eigenvalue weighted by Crippen LogP contribution is -2.44. The highest BCUT2D eigenvalue weighted by molar-refractivity contribution is 5.34. The first-order valence-corrected chi connectivity index (χ1v) is 12.9. The van der Waals surface area contributed by atoms with Gasteiger partial charge in [-0.15, -0.1) is 0 Å². The fraction of sp³-hybridized carbons (Fsp3) is 0.448. The maximum Gasteiger partial charge on any atom is 0.391 e. The Morgan fingerprint density at radius 2 is 1.62 bits per heavy atom. The monoisotopic (exact) mass is 513 g/mol. The van der Waals surface area contributed by atoms with E-state index in [9.17, 15) is 22.4 Å². The zero-order valence-electron chi connectivity index (χ0n) is 20.8. The largest absolute Gasteiger partial charge is 0.391 e. The van der Waals surface area contributed by atoms with Crippen molar-refractivity contribution in [1.82, 2.24) is 14.5 Å². The molecule has 1 aromatic heterocycles. The third-order valence-electron chi connectivity index (χ3n) is 7.87. The van der Waals surface area contributed by atoms with E-state index >= 15 is 0 Å². The smallest absolute Gasteiger partial charge is 0.298 e. The van der Waals surface area contributed by atoms with Gasteiger partial charge in [-0.05, 0) is 37.3 Å². The Labute approximate surface area is 214 Å². The van der Waals surface area contributed by atoms with E-state index in [0.717, 1.165) is 16.8 Å². The summed E-state index contributed by atoms with van der Waals surface area (Å²) in [5.74, 6) is -1.39. The first kappa shape index (κ1) is 25.6. The lowest BCUT2D eigenvalue weighted by Gasteiger charge is -2.37. The Kier molecular flexibility index (Phi) is 7.21. The quantitative estimate of drug-likeness (QED) is 0.401. The van der Waals surface area contributed by atoms with Gasteiger partial charge < -0.3 is 0 Å². The molecule has 2 heterocycles. The molecular formula is C29H31F4N3O. The normalized spacial score (nSPS) is 22.7. The first-order chi connectivity index (χ1) is 17.7. The van der Waals surface area contributed by atoms with Crippen molar-refractivity contribution >= 4 is 0 Å². The molecule has 3 atom stereocenters. The highest BCUT2D eigenvalue weighted by Crippen LogP contribution is 2.41. The molecule has 2 aromatic carbocycles. The van der Waals surface area contributed by atoms with Gasteiger partial charge in [0.2, 0.25) is 0 Å². The van der Waals surface area contributed by atoms with Crippen molar-refractivity contribution in [3.8, 4) is 0 Å². The van der Waals surface area contributed by atoms with Crippen LogP contribution >= 0.6 is 0 Å². The van der Waals surface area contributed by atoms with E-state index in [0.29, 0.717) is 37.4 Å². The third-order valence-corrected chi connectivity index (χ3v) is 7.87. The van der Waals surface area contributed by atoms with Crippen LogP contribution in [0.1, 0.15) is 53.5 Å². The molecule has 1 saturated carbocycles. The second kappa shape index (κ2) is 10.4. The third kappa shape index (κ3) is 5.35. The van der Waals surface area contributed by atoms with E-state index in [2.05, 4.69) is 0 Å². The summed E-state index contributed by atoms with van der Waals surface area (Å²) < 4.78 is 55.7. The average molecular weight is 514 g/mol.